The molecule has 0 saturated heterocycles. The molecule has 0 amide bonds. The lowest BCUT2D eigenvalue weighted by Crippen LogP contribution is -1.96. The highest BCUT2D eigenvalue weighted by Gasteiger charge is 2.12. The molecule has 3 nitrogen and oxygen atoms in total. The van der Waals surface area contributed by atoms with Crippen LogP contribution in [0.15, 0.2) is 97.1 Å². The van der Waals surface area contributed by atoms with Crippen molar-refractivity contribution >= 4 is 34.1 Å². The van der Waals surface area contributed by atoms with Gasteiger partial charge in [0.15, 0.2) is 5.82 Å². The number of hydrogen-bond acceptors (Lipinski definition) is 3. The van der Waals surface area contributed by atoms with E-state index in [9.17, 15) is 0 Å². The third kappa shape index (κ3) is 4.11. The fourth-order valence-electron chi connectivity index (χ4n) is 3.35. The van der Waals surface area contributed by atoms with Gasteiger partial charge in [0.05, 0.1) is 20.9 Å². The molecule has 4 aromatic carbocycles. The zero-order valence-electron chi connectivity index (χ0n) is 16.3. The van der Waals surface area contributed by atoms with Crippen molar-refractivity contribution in [1.82, 2.24) is 9.97 Å². The SMILES string of the molecule is Clc1ccc(-c2nc(Oc3ccc(-c4ccccc4)cc3)c3ccccc3n2)cc1Cl. The smallest absolute Gasteiger partial charge is 0.230 e. The van der Waals surface area contributed by atoms with Crippen LogP contribution < -0.4 is 4.74 Å². The molecule has 1 heterocycles. The molecular formula is C26H16Cl2N2O. The zero-order chi connectivity index (χ0) is 21.2. The van der Waals surface area contributed by atoms with Gasteiger partial charge in [0.2, 0.25) is 5.88 Å². The monoisotopic (exact) mass is 442 g/mol. The molecule has 0 spiro atoms. The minimum Gasteiger partial charge on any atom is -0.438 e. The number of rotatable bonds is 4. The normalized spacial score (nSPS) is 10.9. The molecule has 31 heavy (non-hydrogen) atoms. The molecule has 0 aliphatic rings. The molecule has 0 unspecified atom stereocenters. The fourth-order valence-corrected chi connectivity index (χ4v) is 3.65. The molecule has 150 valence electrons. The Morgan fingerprint density at radius 1 is 0.581 bits per heavy atom. The molecule has 0 saturated carbocycles. The predicted molar refractivity (Wildman–Crippen MR) is 127 cm³/mol. The Bertz CT molecular complexity index is 1370. The fraction of sp³-hybridized carbons (Fsp3) is 0. The summed E-state index contributed by atoms with van der Waals surface area (Å²) in [5.74, 6) is 1.70. The molecule has 5 aromatic rings. The van der Waals surface area contributed by atoms with Gasteiger partial charge in [-0.15, -0.1) is 0 Å². The average Bonchev–Trinajstić information content (AvgIpc) is 2.82. The maximum Gasteiger partial charge on any atom is 0.230 e. The highest BCUT2D eigenvalue weighted by molar-refractivity contribution is 6.42. The van der Waals surface area contributed by atoms with Crippen molar-refractivity contribution in [3.8, 4) is 34.1 Å². The lowest BCUT2D eigenvalue weighted by molar-refractivity contribution is 0.469. The summed E-state index contributed by atoms with van der Waals surface area (Å²) in [7, 11) is 0. The van der Waals surface area contributed by atoms with Crippen molar-refractivity contribution in [2.45, 2.75) is 0 Å². The van der Waals surface area contributed by atoms with Crippen molar-refractivity contribution in [2.75, 3.05) is 0 Å². The molecule has 0 fully saturated rings. The molecule has 0 aliphatic carbocycles. The molecule has 5 heteroatoms. The third-order valence-corrected chi connectivity index (χ3v) is 5.66. The van der Waals surface area contributed by atoms with Gasteiger partial charge in [0.1, 0.15) is 5.75 Å². The molecular weight excluding hydrogens is 427 g/mol. The first-order valence-corrected chi connectivity index (χ1v) is 10.5. The van der Waals surface area contributed by atoms with E-state index in [1.165, 1.54) is 0 Å². The van der Waals surface area contributed by atoms with Gasteiger partial charge in [0.25, 0.3) is 0 Å². The van der Waals surface area contributed by atoms with Gasteiger partial charge in [-0.25, -0.2) is 4.98 Å². The van der Waals surface area contributed by atoms with Gasteiger partial charge < -0.3 is 4.74 Å². The van der Waals surface area contributed by atoms with E-state index in [-0.39, 0.29) is 0 Å². The third-order valence-electron chi connectivity index (χ3n) is 4.92. The van der Waals surface area contributed by atoms with Crippen molar-refractivity contribution < 1.29 is 4.74 Å². The summed E-state index contributed by atoms with van der Waals surface area (Å²) in [5, 5.41) is 1.77. The summed E-state index contributed by atoms with van der Waals surface area (Å²) in [6.45, 7) is 0. The van der Waals surface area contributed by atoms with Gasteiger partial charge in [0, 0.05) is 5.56 Å². The van der Waals surface area contributed by atoms with Crippen LogP contribution in [0.25, 0.3) is 33.4 Å². The van der Waals surface area contributed by atoms with Gasteiger partial charge in [-0.3, -0.25) is 0 Å². The molecule has 0 atom stereocenters. The van der Waals surface area contributed by atoms with Crippen molar-refractivity contribution in [3.63, 3.8) is 0 Å². The quantitative estimate of drug-likeness (QED) is 0.282. The second kappa shape index (κ2) is 8.38. The van der Waals surface area contributed by atoms with Crippen LogP contribution in [0.5, 0.6) is 11.6 Å². The second-order valence-corrected chi connectivity index (χ2v) is 7.81. The van der Waals surface area contributed by atoms with Crippen molar-refractivity contribution in [3.05, 3.63) is 107 Å². The summed E-state index contributed by atoms with van der Waals surface area (Å²) in [4.78, 5) is 9.36. The molecule has 1 aromatic heterocycles. The van der Waals surface area contributed by atoms with Crippen LogP contribution >= 0.6 is 23.2 Å². The summed E-state index contributed by atoms with van der Waals surface area (Å²) in [6, 6.07) is 31.3. The van der Waals surface area contributed by atoms with Crippen LogP contribution in [0, 0.1) is 0 Å². The standard InChI is InChI=1S/C26H16Cl2N2O/c27-22-15-12-19(16-23(22)28)25-29-24-9-5-4-8-21(24)26(30-25)31-20-13-10-18(11-14-20)17-6-2-1-3-7-17/h1-16H. The predicted octanol–water partition coefficient (Wildman–Crippen LogP) is 8.06. The number of nitrogens with zero attached hydrogens (tertiary/aromatic N) is 2. The number of benzene rings is 4. The maximum atomic E-state index is 6.20. The number of hydrogen-bond donors (Lipinski definition) is 0. The van der Waals surface area contributed by atoms with E-state index < -0.39 is 0 Å². The lowest BCUT2D eigenvalue weighted by atomic mass is 10.1. The Morgan fingerprint density at radius 3 is 2.03 bits per heavy atom. The largest absolute Gasteiger partial charge is 0.438 e. The van der Waals surface area contributed by atoms with Crippen LogP contribution in [0.4, 0.5) is 0 Å². The highest BCUT2D eigenvalue weighted by Crippen LogP contribution is 2.33. The lowest BCUT2D eigenvalue weighted by Gasteiger charge is -2.11. The highest BCUT2D eigenvalue weighted by atomic mass is 35.5. The van der Waals surface area contributed by atoms with Crippen LogP contribution in [0.3, 0.4) is 0 Å². The van der Waals surface area contributed by atoms with E-state index in [0.717, 1.165) is 27.6 Å². The first kappa shape index (κ1) is 19.6. The van der Waals surface area contributed by atoms with Crippen LogP contribution in [-0.2, 0) is 0 Å². The summed E-state index contributed by atoms with van der Waals surface area (Å²) < 4.78 is 6.19. The molecule has 0 bridgehead atoms. The maximum absolute atomic E-state index is 6.20. The molecule has 5 rings (SSSR count). The van der Waals surface area contributed by atoms with Gasteiger partial charge in [-0.1, -0.05) is 77.8 Å². The molecule has 0 N–H and O–H groups in total. The Morgan fingerprint density at radius 2 is 1.26 bits per heavy atom. The summed E-state index contributed by atoms with van der Waals surface area (Å²) in [5.41, 5.74) is 3.83. The van der Waals surface area contributed by atoms with Crippen LogP contribution in [-0.4, -0.2) is 9.97 Å². The zero-order valence-corrected chi connectivity index (χ0v) is 17.8. The number of aromatic nitrogens is 2. The Labute approximate surface area is 189 Å². The van der Waals surface area contributed by atoms with E-state index >= 15 is 0 Å². The number of ether oxygens (including phenoxy) is 1. The number of fused-ring (bicyclic) bond motifs is 1. The van der Waals surface area contributed by atoms with E-state index in [4.69, 9.17) is 27.9 Å². The summed E-state index contributed by atoms with van der Waals surface area (Å²) in [6.07, 6.45) is 0. The number of halogens is 2. The van der Waals surface area contributed by atoms with E-state index in [2.05, 4.69) is 22.1 Å². The van der Waals surface area contributed by atoms with Gasteiger partial charge >= 0.3 is 0 Å². The minimum atomic E-state index is 0.454. The Balaban J connectivity index is 1.53. The Hall–Kier alpha value is -3.40. The topological polar surface area (TPSA) is 35.0 Å². The van der Waals surface area contributed by atoms with Gasteiger partial charge in [-0.2, -0.15) is 4.98 Å². The molecule has 0 aliphatic heterocycles. The number of para-hydroxylation sites is 1. The first-order chi connectivity index (χ1) is 15.2. The summed E-state index contributed by atoms with van der Waals surface area (Å²) >= 11 is 12.3. The van der Waals surface area contributed by atoms with E-state index in [1.807, 2.05) is 72.8 Å². The average molecular weight is 443 g/mol. The first-order valence-electron chi connectivity index (χ1n) is 9.73. The van der Waals surface area contributed by atoms with Gasteiger partial charge in [-0.05, 0) is 53.6 Å². The Kier molecular flexibility index (Phi) is 5.29. The van der Waals surface area contributed by atoms with Crippen LogP contribution in [0.1, 0.15) is 0 Å². The van der Waals surface area contributed by atoms with Crippen LogP contribution in [0.2, 0.25) is 10.0 Å². The van der Waals surface area contributed by atoms with Crippen molar-refractivity contribution in [2.24, 2.45) is 0 Å². The second-order valence-electron chi connectivity index (χ2n) is 6.99. The van der Waals surface area contributed by atoms with E-state index in [1.54, 1.807) is 12.1 Å². The molecule has 0 radical (unpaired) electrons. The van der Waals surface area contributed by atoms with E-state index in [0.29, 0.717) is 27.5 Å². The minimum absolute atomic E-state index is 0.454. The van der Waals surface area contributed by atoms with Crippen molar-refractivity contribution in [1.29, 1.82) is 0 Å².